The molecule has 1 aliphatic heterocycles. The third-order valence-electron chi connectivity index (χ3n) is 5.89. The molecule has 2 rings (SSSR count). The van der Waals surface area contributed by atoms with Crippen LogP contribution in [0.1, 0.15) is 61.5 Å². The van der Waals surface area contributed by atoms with Crippen molar-refractivity contribution in [3.63, 3.8) is 0 Å². The lowest BCUT2D eigenvalue weighted by Gasteiger charge is -2.21. The van der Waals surface area contributed by atoms with Gasteiger partial charge in [-0.25, -0.2) is 9.59 Å². The van der Waals surface area contributed by atoms with Crippen LogP contribution < -0.4 is 10.1 Å². The Morgan fingerprint density at radius 1 is 1.16 bits per heavy atom. The highest BCUT2D eigenvalue weighted by atomic mass is 16.6. The summed E-state index contributed by atoms with van der Waals surface area (Å²) >= 11 is 0. The van der Waals surface area contributed by atoms with Gasteiger partial charge in [-0.15, -0.1) is 0 Å². The summed E-state index contributed by atoms with van der Waals surface area (Å²) in [4.78, 5) is 49.0. The lowest BCUT2D eigenvalue weighted by atomic mass is 9.97. The minimum Gasteiger partial charge on any atom is -0.466 e. The Balaban J connectivity index is 2.52. The number of carbonyl (C=O) groups is 4. The first-order valence-electron chi connectivity index (χ1n) is 12.2. The van der Waals surface area contributed by atoms with Crippen molar-refractivity contribution in [3.05, 3.63) is 47.1 Å². The predicted molar refractivity (Wildman–Crippen MR) is 135 cm³/mol. The molecule has 10 nitrogen and oxygen atoms in total. The van der Waals surface area contributed by atoms with Crippen LogP contribution in [0.5, 0.6) is 5.75 Å². The van der Waals surface area contributed by atoms with E-state index in [1.807, 2.05) is 0 Å². The van der Waals surface area contributed by atoms with Gasteiger partial charge in [-0.1, -0.05) is 38.1 Å². The molecule has 1 heterocycles. The minimum absolute atomic E-state index is 0.00668. The van der Waals surface area contributed by atoms with Crippen LogP contribution in [0.3, 0.4) is 0 Å². The largest absolute Gasteiger partial charge is 0.466 e. The standard InChI is InChI=1S/C27H35NO9/c1-5-23(31)35-13-7-8-18-14-19-9-6-10-20(29)25(32)21(30)12-11-16(2)17(3)36-26(33)24(19)22(15-18)37-27(34)28-4/h6,9,11-12,14-17,20,25,29,32H,5,7-8,10,13H2,1-4H3,(H,28,34)/b9-6?,12-11-/t16-,17+,20+,25+/m1/s1. The number of nitrogens with one attached hydrogen (secondary N) is 1. The molecular formula is C27H35NO9. The lowest BCUT2D eigenvalue weighted by Crippen LogP contribution is -2.32. The van der Waals surface area contributed by atoms with Gasteiger partial charge >= 0.3 is 18.0 Å². The normalized spacial score (nSPS) is 23.3. The molecule has 0 spiro atoms. The molecule has 4 atom stereocenters. The van der Waals surface area contributed by atoms with E-state index >= 15 is 0 Å². The number of amides is 1. The minimum atomic E-state index is -1.61. The molecule has 0 aliphatic carbocycles. The van der Waals surface area contributed by atoms with Crippen LogP contribution in [0, 0.1) is 5.92 Å². The van der Waals surface area contributed by atoms with E-state index in [2.05, 4.69) is 5.32 Å². The molecule has 1 aromatic rings. The molecule has 0 unspecified atom stereocenters. The van der Waals surface area contributed by atoms with Crippen LogP contribution in [0.2, 0.25) is 0 Å². The van der Waals surface area contributed by atoms with Crippen LogP contribution in [0.25, 0.3) is 6.08 Å². The van der Waals surface area contributed by atoms with Gasteiger partial charge in [0.05, 0.1) is 12.7 Å². The summed E-state index contributed by atoms with van der Waals surface area (Å²) in [5, 5.41) is 22.8. The number of hydrogen-bond donors (Lipinski definition) is 3. The summed E-state index contributed by atoms with van der Waals surface area (Å²) in [6.45, 7) is 5.28. The van der Waals surface area contributed by atoms with Crippen molar-refractivity contribution in [2.45, 2.75) is 64.8 Å². The first kappa shape index (κ1) is 29.7. The zero-order valence-corrected chi connectivity index (χ0v) is 21.6. The van der Waals surface area contributed by atoms with Gasteiger partial charge in [0.25, 0.3) is 0 Å². The Morgan fingerprint density at radius 3 is 2.57 bits per heavy atom. The number of ether oxygens (including phenoxy) is 3. The molecule has 3 N–H and O–H groups in total. The average Bonchev–Trinajstić information content (AvgIpc) is 2.87. The van der Waals surface area contributed by atoms with Gasteiger partial charge in [-0.2, -0.15) is 0 Å². The fourth-order valence-electron chi connectivity index (χ4n) is 3.48. The Hall–Kier alpha value is -3.50. The first-order valence-corrected chi connectivity index (χ1v) is 12.2. The summed E-state index contributed by atoms with van der Waals surface area (Å²) in [5.41, 5.74) is 1.06. The maximum Gasteiger partial charge on any atom is 0.412 e. The molecule has 0 saturated heterocycles. The van der Waals surface area contributed by atoms with E-state index in [0.29, 0.717) is 24.0 Å². The molecule has 0 fully saturated rings. The maximum absolute atomic E-state index is 13.3. The van der Waals surface area contributed by atoms with Crippen LogP contribution in [0.15, 0.2) is 30.4 Å². The molecule has 0 aromatic heterocycles. The Kier molecular flexibility index (Phi) is 11.5. The fourth-order valence-corrected chi connectivity index (χ4v) is 3.48. The Labute approximate surface area is 216 Å². The quantitative estimate of drug-likeness (QED) is 0.382. The third-order valence-corrected chi connectivity index (χ3v) is 5.89. The van der Waals surface area contributed by atoms with Crippen molar-refractivity contribution in [1.29, 1.82) is 0 Å². The number of carbonyl (C=O) groups excluding carboxylic acids is 4. The van der Waals surface area contributed by atoms with Gasteiger partial charge < -0.3 is 29.7 Å². The van der Waals surface area contributed by atoms with Crippen molar-refractivity contribution >= 4 is 29.9 Å². The highest BCUT2D eigenvalue weighted by molar-refractivity contribution is 5.98. The third kappa shape index (κ3) is 8.83. The smallest absolute Gasteiger partial charge is 0.412 e. The molecule has 1 aromatic carbocycles. The van der Waals surface area contributed by atoms with E-state index < -0.39 is 42.1 Å². The number of esters is 2. The summed E-state index contributed by atoms with van der Waals surface area (Å²) in [6.07, 6.45) is 2.40. The molecule has 202 valence electrons. The van der Waals surface area contributed by atoms with E-state index in [9.17, 15) is 29.4 Å². The SMILES string of the molecule is CCC(=O)OCCCc1cc2c(c(OC(=O)NC)c1)C(=O)O[C@@H](C)[C@H](C)/C=C\C(=O)[C@@H](O)[C@@H](O)CC=C2. The van der Waals surface area contributed by atoms with E-state index in [1.165, 1.54) is 25.3 Å². The van der Waals surface area contributed by atoms with Crippen LogP contribution in [0.4, 0.5) is 4.79 Å². The molecule has 0 bridgehead atoms. The van der Waals surface area contributed by atoms with Gasteiger partial charge in [0.2, 0.25) is 0 Å². The van der Waals surface area contributed by atoms with Gasteiger partial charge in [0.1, 0.15) is 23.5 Å². The number of aliphatic hydroxyl groups excluding tert-OH is 2. The van der Waals surface area contributed by atoms with Crippen LogP contribution in [-0.2, 0) is 25.5 Å². The fraction of sp³-hybridized carbons (Fsp3) is 0.481. The predicted octanol–water partition coefficient (Wildman–Crippen LogP) is 2.74. The van der Waals surface area contributed by atoms with E-state index in [0.717, 1.165) is 6.08 Å². The van der Waals surface area contributed by atoms with E-state index in [-0.39, 0.29) is 36.7 Å². The van der Waals surface area contributed by atoms with Gasteiger partial charge in [-0.3, -0.25) is 9.59 Å². The monoisotopic (exact) mass is 517 g/mol. The summed E-state index contributed by atoms with van der Waals surface area (Å²) in [5.74, 6) is -2.12. The number of rotatable bonds is 6. The molecule has 1 aliphatic rings. The lowest BCUT2D eigenvalue weighted by molar-refractivity contribution is -0.143. The van der Waals surface area contributed by atoms with Gasteiger partial charge in [0.15, 0.2) is 5.78 Å². The summed E-state index contributed by atoms with van der Waals surface area (Å²) in [7, 11) is 1.38. The second-order valence-corrected chi connectivity index (χ2v) is 8.76. The van der Waals surface area contributed by atoms with Gasteiger partial charge in [0, 0.05) is 19.4 Å². The highest BCUT2D eigenvalue weighted by Gasteiger charge is 2.26. The zero-order chi connectivity index (χ0) is 27.5. The second kappa shape index (κ2) is 14.3. The summed E-state index contributed by atoms with van der Waals surface area (Å²) < 4.78 is 16.1. The maximum atomic E-state index is 13.3. The topological polar surface area (TPSA) is 148 Å². The molecule has 0 radical (unpaired) electrons. The second-order valence-electron chi connectivity index (χ2n) is 8.76. The number of aryl methyl sites for hydroxylation is 1. The number of benzene rings is 1. The number of fused-ring (bicyclic) bond motifs is 1. The number of aliphatic hydroxyl groups is 2. The van der Waals surface area contributed by atoms with Crippen molar-refractivity contribution < 1.29 is 43.6 Å². The molecule has 0 saturated carbocycles. The average molecular weight is 518 g/mol. The van der Waals surface area contributed by atoms with Crippen LogP contribution >= 0.6 is 0 Å². The van der Waals surface area contributed by atoms with Gasteiger partial charge in [-0.05, 0) is 49.5 Å². The molecular weight excluding hydrogens is 482 g/mol. The first-order chi connectivity index (χ1) is 17.6. The summed E-state index contributed by atoms with van der Waals surface area (Å²) in [6, 6.07) is 3.26. The van der Waals surface area contributed by atoms with Crippen molar-refractivity contribution in [2.75, 3.05) is 13.7 Å². The Morgan fingerprint density at radius 2 is 1.89 bits per heavy atom. The molecule has 10 heteroatoms. The van der Waals surface area contributed by atoms with Crippen molar-refractivity contribution in [3.8, 4) is 5.75 Å². The number of hydrogen-bond acceptors (Lipinski definition) is 9. The number of ketones is 1. The van der Waals surface area contributed by atoms with E-state index in [1.54, 1.807) is 32.9 Å². The van der Waals surface area contributed by atoms with Crippen molar-refractivity contribution in [2.24, 2.45) is 5.92 Å². The van der Waals surface area contributed by atoms with E-state index in [4.69, 9.17) is 14.2 Å². The molecule has 1 amide bonds. The zero-order valence-electron chi connectivity index (χ0n) is 21.6. The van der Waals surface area contributed by atoms with Crippen LogP contribution in [-0.4, -0.2) is 66.0 Å². The number of cyclic esters (lactones) is 1. The highest BCUT2D eigenvalue weighted by Crippen LogP contribution is 2.30. The van der Waals surface area contributed by atoms with Crippen molar-refractivity contribution in [1.82, 2.24) is 5.32 Å². The molecule has 37 heavy (non-hydrogen) atoms. The Bertz CT molecular complexity index is 1050.